The summed E-state index contributed by atoms with van der Waals surface area (Å²) in [5.41, 5.74) is -0.771. The van der Waals surface area contributed by atoms with Crippen LogP contribution >= 0.6 is 35.2 Å². The van der Waals surface area contributed by atoms with Gasteiger partial charge in [0.25, 0.3) is 0 Å². The van der Waals surface area contributed by atoms with E-state index < -0.39 is 62.6 Å². The minimum absolute atomic E-state index is 0. The van der Waals surface area contributed by atoms with Crippen LogP contribution in [0.5, 0.6) is 0 Å². The molecule has 0 aliphatic rings. The quantitative estimate of drug-likeness (QED) is 0.0575. The Morgan fingerprint density at radius 2 is 1.23 bits per heavy atom. The first-order valence-corrected chi connectivity index (χ1v) is 14.2. The molecule has 0 unspecified atom stereocenters. The number of benzene rings is 2. The first-order chi connectivity index (χ1) is 14.6. The molecule has 0 aliphatic carbocycles. The minimum Gasteiger partial charge on any atom is -0.748 e. The van der Waals surface area contributed by atoms with E-state index in [2.05, 4.69) is 9.37 Å². The van der Waals surface area contributed by atoms with E-state index in [9.17, 15) is 39.6 Å². The normalized spacial score (nSPS) is 11.7. The number of halogens is 2. The van der Waals surface area contributed by atoms with Crippen LogP contribution in [0, 0.1) is 0 Å². The molecule has 20 heteroatoms. The van der Waals surface area contributed by atoms with Crippen LogP contribution in [0.1, 0.15) is 16.7 Å². The third kappa shape index (κ3) is 13.6. The Balaban J connectivity index is 0. The van der Waals surface area contributed by atoms with Gasteiger partial charge in [0, 0.05) is 27.8 Å². The zero-order valence-electron chi connectivity index (χ0n) is 18.4. The molecule has 0 bridgehead atoms. The smallest absolute Gasteiger partial charge is 0.748 e. The summed E-state index contributed by atoms with van der Waals surface area (Å²) in [6, 6.07) is 5.06. The van der Waals surface area contributed by atoms with Gasteiger partial charge in [-0.1, -0.05) is 23.2 Å². The first kappa shape index (κ1) is 41.1. The van der Waals surface area contributed by atoms with Crippen LogP contribution in [0.3, 0.4) is 0 Å². The summed E-state index contributed by atoms with van der Waals surface area (Å²) < 4.78 is 97.4. The van der Waals surface area contributed by atoms with Crippen molar-refractivity contribution >= 4 is 65.3 Å². The molecule has 178 valence electrons. The van der Waals surface area contributed by atoms with Crippen molar-refractivity contribution in [3.8, 4) is 0 Å². The number of hydrogen-bond donors (Lipinski definition) is 0. The van der Waals surface area contributed by atoms with E-state index in [1.54, 1.807) is 0 Å². The van der Waals surface area contributed by atoms with Crippen molar-refractivity contribution in [3.63, 3.8) is 0 Å². The van der Waals surface area contributed by atoms with Gasteiger partial charge in [-0.2, -0.15) is 4.33 Å². The maximum absolute atomic E-state index is 13.1. The number of sulfone groups is 1. The number of rotatable bonds is 10. The third-order valence-electron chi connectivity index (χ3n) is 3.79. The Morgan fingerprint density at radius 1 is 0.771 bits per heavy atom. The second-order valence-electron chi connectivity index (χ2n) is 6.11. The third-order valence-corrected chi connectivity index (χ3v) is 8.28. The molecular weight excluding hydrogens is 673 g/mol. The average molecular weight is 684 g/mol. The molecular formula is C15H11Cl2K3O11S4. The minimum atomic E-state index is -4.94. The molecule has 0 saturated heterocycles. The van der Waals surface area contributed by atoms with Gasteiger partial charge in [-0.3, -0.25) is 5.04 Å². The van der Waals surface area contributed by atoms with Crippen molar-refractivity contribution in [2.24, 2.45) is 0 Å². The van der Waals surface area contributed by atoms with Gasteiger partial charge >= 0.3 is 154 Å². The summed E-state index contributed by atoms with van der Waals surface area (Å²) in [4.78, 5) is -0.964. The molecule has 11 nitrogen and oxygen atoms in total. The van der Waals surface area contributed by atoms with Crippen LogP contribution in [-0.4, -0.2) is 34.4 Å². The van der Waals surface area contributed by atoms with Crippen molar-refractivity contribution in [2.45, 2.75) is 27.0 Å². The fourth-order valence-corrected chi connectivity index (χ4v) is 6.28. The molecule has 2 aromatic carbocycles. The van der Waals surface area contributed by atoms with Gasteiger partial charge in [0.2, 0.25) is 9.84 Å². The number of hydrogen-bond acceptors (Lipinski definition) is 12. The predicted octanol–water partition coefficient (Wildman–Crippen LogP) is -7.70. The van der Waals surface area contributed by atoms with Crippen LogP contribution in [0.15, 0.2) is 40.1 Å². The van der Waals surface area contributed by atoms with Crippen molar-refractivity contribution in [1.29, 1.82) is 0 Å². The fourth-order valence-electron chi connectivity index (χ4n) is 2.54. The molecule has 2 rings (SSSR count). The van der Waals surface area contributed by atoms with E-state index >= 15 is 0 Å². The van der Waals surface area contributed by atoms with Crippen LogP contribution in [0.2, 0.25) is 10.0 Å². The zero-order valence-corrected chi connectivity index (χ0v) is 32.5. The Bertz CT molecular complexity index is 1280. The summed E-state index contributed by atoms with van der Waals surface area (Å²) in [5.74, 6) is -2.57. The fraction of sp³-hybridized carbons (Fsp3) is 0.200. The van der Waals surface area contributed by atoms with Gasteiger partial charge in [0.1, 0.15) is 0 Å². The van der Waals surface area contributed by atoms with E-state index in [1.807, 2.05) is 0 Å². The molecule has 0 heterocycles. The van der Waals surface area contributed by atoms with Crippen LogP contribution in [0.4, 0.5) is 0 Å². The van der Waals surface area contributed by atoms with Crippen LogP contribution in [-0.2, 0) is 56.7 Å². The Hall–Kier alpha value is 3.93. The van der Waals surface area contributed by atoms with Gasteiger partial charge in [0.15, 0.2) is 0 Å². The van der Waals surface area contributed by atoms with Crippen molar-refractivity contribution in [3.05, 3.63) is 57.1 Å². The largest absolute Gasteiger partial charge is 1.00 e. The molecule has 0 amide bonds. The Morgan fingerprint density at radius 3 is 1.66 bits per heavy atom. The Labute approximate surface area is 344 Å². The van der Waals surface area contributed by atoms with E-state index in [0.717, 1.165) is 24.3 Å². The van der Waals surface area contributed by atoms with E-state index in [1.165, 1.54) is 6.07 Å². The molecule has 35 heavy (non-hydrogen) atoms. The van der Waals surface area contributed by atoms with Crippen LogP contribution < -0.4 is 159 Å². The first-order valence-electron chi connectivity index (χ1n) is 7.94. The van der Waals surface area contributed by atoms with Gasteiger partial charge in [-0.15, -0.1) is 0 Å². The SMILES string of the molecule is O=S(=O)([O-])Cc1cc(S(=O)(=O)c2ccc(Cl)c(CSOO[O-])c2)cc(CS(=O)(=O)[O-])c1Cl.[K+].[K+].[K+]. The standard InChI is InChI=1S/C15H14Cl2O11S4.3K/c16-14-2-1-12(3-9(14)6-29-28-27-18)32(25,26)13-4-10(7-30(19,20)21)15(17)11(5-13)8-31(22,23)24;;;/h1-5,18H,6-8H2,(H,19,20,21)(H,22,23,24);;;/q;3*+1/p-3. The van der Waals surface area contributed by atoms with Crippen molar-refractivity contribution < 1.29 is 203 Å². The molecule has 0 N–H and O–H groups in total. The van der Waals surface area contributed by atoms with Crippen molar-refractivity contribution in [1.82, 2.24) is 0 Å². The van der Waals surface area contributed by atoms with Gasteiger partial charge < -0.3 is 14.4 Å². The summed E-state index contributed by atoms with van der Waals surface area (Å²) in [6.07, 6.45) is 0. The summed E-state index contributed by atoms with van der Waals surface area (Å²) >= 11 is 12.4. The molecule has 2 aromatic rings. The molecule has 0 atom stereocenters. The molecule has 0 aliphatic heterocycles. The topological polar surface area (TPSA) is 190 Å². The van der Waals surface area contributed by atoms with Gasteiger partial charge in [-0.05, 0) is 47.0 Å². The Kier molecular flexibility index (Phi) is 20.9. The second kappa shape index (κ2) is 17.8. The van der Waals surface area contributed by atoms with E-state index in [-0.39, 0.29) is 175 Å². The van der Waals surface area contributed by atoms with Gasteiger partial charge in [0.05, 0.1) is 41.5 Å². The maximum Gasteiger partial charge on any atom is 1.00 e. The zero-order chi connectivity index (χ0) is 24.3. The van der Waals surface area contributed by atoms with E-state index in [0.29, 0.717) is 12.0 Å². The molecule has 0 aromatic heterocycles. The van der Waals surface area contributed by atoms with E-state index in [4.69, 9.17) is 23.2 Å². The molecule has 0 spiro atoms. The predicted molar refractivity (Wildman–Crippen MR) is 109 cm³/mol. The average Bonchev–Trinajstić information content (AvgIpc) is 2.64. The second-order valence-corrected chi connectivity index (χ2v) is 12.3. The van der Waals surface area contributed by atoms with Gasteiger partial charge in [-0.25, -0.2) is 25.3 Å². The summed E-state index contributed by atoms with van der Waals surface area (Å²) in [5, 5.41) is 12.7. The molecule has 0 fully saturated rings. The van der Waals surface area contributed by atoms with Crippen molar-refractivity contribution in [2.75, 3.05) is 0 Å². The maximum atomic E-state index is 13.1. The monoisotopic (exact) mass is 682 g/mol. The van der Waals surface area contributed by atoms with Crippen LogP contribution in [0.25, 0.3) is 0 Å². The molecule has 0 radical (unpaired) electrons. The summed E-state index contributed by atoms with van der Waals surface area (Å²) in [7, 11) is -14.3. The molecule has 0 saturated carbocycles. The summed E-state index contributed by atoms with van der Waals surface area (Å²) in [6.45, 7) is 0.